The number of rotatable bonds is 7. The number of ether oxygens (including phenoxy) is 4. The first-order valence-corrected chi connectivity index (χ1v) is 15.3. The summed E-state index contributed by atoms with van der Waals surface area (Å²) in [6, 6.07) is 0. The minimum atomic E-state index is -1.03. The number of fused-ring (bicyclic) bond motifs is 2. The number of carbonyl (C=O) groups is 5. The summed E-state index contributed by atoms with van der Waals surface area (Å²) in [6.07, 6.45) is 3.52. The highest BCUT2D eigenvalue weighted by Gasteiger charge is 2.34. The topological polar surface area (TPSA) is 193 Å². The molecule has 2 aliphatic rings. The van der Waals surface area contributed by atoms with E-state index in [1.807, 2.05) is 13.8 Å². The van der Waals surface area contributed by atoms with Gasteiger partial charge in [-0.05, 0) is 44.6 Å². The number of aliphatic hydroxyl groups is 1. The predicted octanol–water partition coefficient (Wildman–Crippen LogP) is 3.29. The molecule has 1 heterocycles. The van der Waals surface area contributed by atoms with E-state index in [0.717, 1.165) is 12.5 Å². The molecule has 0 saturated carbocycles. The molecule has 13 nitrogen and oxygen atoms in total. The normalized spacial score (nSPS) is 29.8. The van der Waals surface area contributed by atoms with E-state index in [9.17, 15) is 29.1 Å². The molecule has 3 amide bonds. The van der Waals surface area contributed by atoms with Crippen LogP contribution in [0.4, 0.5) is 9.59 Å². The third kappa shape index (κ3) is 10.8. The number of hydrogen-bond acceptors (Lipinski definition) is 10. The Morgan fingerprint density at radius 2 is 1.83 bits per heavy atom. The lowest BCUT2D eigenvalue weighted by molar-refractivity contribution is -0.120. The van der Waals surface area contributed by atoms with Crippen LogP contribution in [-0.4, -0.2) is 80.0 Å². The van der Waals surface area contributed by atoms with Gasteiger partial charge in [0.1, 0.15) is 6.10 Å². The van der Waals surface area contributed by atoms with Crippen LogP contribution in [0.25, 0.3) is 0 Å². The van der Waals surface area contributed by atoms with Crippen LogP contribution in [0.15, 0.2) is 58.5 Å². The van der Waals surface area contributed by atoms with Crippen LogP contribution in [0, 0.1) is 11.8 Å². The number of unbranched alkanes of at least 4 members (excludes halogenated alkanes) is 1. The summed E-state index contributed by atoms with van der Waals surface area (Å²) in [5.74, 6) is -2.81. The van der Waals surface area contributed by atoms with Crippen molar-refractivity contribution in [3.8, 4) is 0 Å². The molecule has 0 saturated heterocycles. The minimum Gasteiger partial charge on any atom is -0.449 e. The molecular weight excluding hydrogens is 598 g/mol. The molecule has 0 unspecified atom stereocenters. The highest BCUT2D eigenvalue weighted by molar-refractivity contribution is 6.24. The number of amides is 3. The SMILES string of the molecule is CCCCOC(=O)NC1=C2C[C@@H](C)C[C@H](OC)[C@H](O)[C@@H](C)/C=C(\C)[C@H](OC(N)=O)[C@@H](OC)/C=C\C=C(/C)C(=O)NC(=CC1=O)C2=O. The Balaban J connectivity index is 2.61. The van der Waals surface area contributed by atoms with Crippen LogP contribution in [0.5, 0.6) is 0 Å². The second-order valence-corrected chi connectivity index (χ2v) is 11.5. The number of Topliss-reactive ketones (excluding diaryl/α,β-unsaturated/α-hetero) is 1. The average molecular weight is 646 g/mol. The number of primary amides is 1. The molecule has 0 fully saturated rings. The first-order chi connectivity index (χ1) is 21.7. The number of nitrogens with two attached hydrogens (primary N) is 1. The molecule has 13 heteroatoms. The number of aliphatic hydroxyl groups excluding tert-OH is 1. The van der Waals surface area contributed by atoms with Gasteiger partial charge in [0.25, 0.3) is 5.91 Å². The van der Waals surface area contributed by atoms with E-state index in [4.69, 9.17) is 24.7 Å². The van der Waals surface area contributed by atoms with Gasteiger partial charge in [-0.3, -0.25) is 19.7 Å². The lowest BCUT2D eigenvalue weighted by atomic mass is 9.85. The number of alkyl carbamates (subject to hydrolysis) is 1. The van der Waals surface area contributed by atoms with Crippen LogP contribution < -0.4 is 16.4 Å². The summed E-state index contributed by atoms with van der Waals surface area (Å²) in [5.41, 5.74) is 5.59. The van der Waals surface area contributed by atoms with Gasteiger partial charge in [-0.2, -0.15) is 0 Å². The van der Waals surface area contributed by atoms with Crippen molar-refractivity contribution in [1.82, 2.24) is 10.6 Å². The van der Waals surface area contributed by atoms with Gasteiger partial charge in [0.2, 0.25) is 11.6 Å². The van der Waals surface area contributed by atoms with E-state index >= 15 is 0 Å². The van der Waals surface area contributed by atoms with Gasteiger partial charge >= 0.3 is 12.2 Å². The zero-order chi connectivity index (χ0) is 34.6. The lowest BCUT2D eigenvalue weighted by Gasteiger charge is -2.30. The van der Waals surface area contributed by atoms with Gasteiger partial charge in [-0.25, -0.2) is 9.59 Å². The monoisotopic (exact) mass is 645 g/mol. The number of allylic oxidation sites excluding steroid dienone is 4. The molecule has 0 aromatic rings. The number of ketones is 2. The minimum absolute atomic E-state index is 0.00954. The maximum atomic E-state index is 13.7. The zero-order valence-corrected chi connectivity index (χ0v) is 27.6. The molecule has 0 aromatic carbocycles. The van der Waals surface area contributed by atoms with Crippen LogP contribution in [0.1, 0.15) is 60.3 Å². The van der Waals surface area contributed by atoms with E-state index in [2.05, 4.69) is 10.6 Å². The fourth-order valence-electron chi connectivity index (χ4n) is 5.17. The Morgan fingerprint density at radius 1 is 1.13 bits per heavy atom. The maximum Gasteiger partial charge on any atom is 0.411 e. The molecule has 6 atom stereocenters. The Morgan fingerprint density at radius 3 is 2.43 bits per heavy atom. The molecule has 254 valence electrons. The van der Waals surface area contributed by atoms with E-state index < -0.39 is 60.0 Å². The largest absolute Gasteiger partial charge is 0.449 e. The number of hydrogen-bond donors (Lipinski definition) is 4. The molecule has 0 aromatic heterocycles. The van der Waals surface area contributed by atoms with E-state index in [1.165, 1.54) is 33.3 Å². The fraction of sp³-hybridized carbons (Fsp3) is 0.545. The van der Waals surface area contributed by atoms with Gasteiger partial charge in [0.05, 0.1) is 30.2 Å². The van der Waals surface area contributed by atoms with Crippen molar-refractivity contribution in [1.29, 1.82) is 0 Å². The standard InChI is InChI=1S/C33H47N3O10/c1-8-9-13-45-33(42)36-27-22-14-18(2)15-26(44-7)28(38)20(4)16-21(5)30(46-32(34)41)25(43-6)12-10-11-19(3)31(40)35-23(29(22)39)17-24(27)37/h10-12,16-18,20,25-26,28,30,38H,8-9,13-15H2,1-7H3,(H2,34,41)(H,35,40)(H,36,42)/b12-10-,19-11+,21-16+/t18-,20+,25+,26+,28-,30+/m1/s1. The Labute approximate surface area is 269 Å². The molecular formula is C33H47N3O10. The summed E-state index contributed by atoms with van der Waals surface area (Å²) in [7, 11) is 2.86. The Bertz CT molecular complexity index is 1310. The molecule has 1 aliphatic carbocycles. The summed E-state index contributed by atoms with van der Waals surface area (Å²) >= 11 is 0. The van der Waals surface area contributed by atoms with Gasteiger partial charge in [-0.1, -0.05) is 51.5 Å². The van der Waals surface area contributed by atoms with E-state index in [1.54, 1.807) is 26.0 Å². The Hall–Kier alpha value is -4.07. The lowest BCUT2D eigenvalue weighted by Crippen LogP contribution is -2.38. The zero-order valence-electron chi connectivity index (χ0n) is 27.6. The number of carbonyl (C=O) groups excluding carboxylic acids is 5. The second kappa shape index (κ2) is 18.2. The Kier molecular flexibility index (Phi) is 15.1. The van der Waals surface area contributed by atoms with Gasteiger partial charge in [0, 0.05) is 37.4 Å². The van der Waals surface area contributed by atoms with Crippen molar-refractivity contribution < 1.29 is 48.0 Å². The first-order valence-electron chi connectivity index (χ1n) is 15.3. The third-order valence-electron chi connectivity index (χ3n) is 7.75. The molecule has 5 N–H and O–H groups in total. The van der Waals surface area contributed by atoms with Crippen LogP contribution >= 0.6 is 0 Å². The highest BCUT2D eigenvalue weighted by Crippen LogP contribution is 2.29. The smallest absolute Gasteiger partial charge is 0.411 e. The van der Waals surface area contributed by atoms with Gasteiger partial charge in [0.15, 0.2) is 6.10 Å². The summed E-state index contributed by atoms with van der Waals surface area (Å²) in [4.78, 5) is 64.2. The summed E-state index contributed by atoms with van der Waals surface area (Å²) in [5, 5.41) is 16.2. The van der Waals surface area contributed by atoms with Crippen molar-refractivity contribution in [3.05, 3.63) is 58.5 Å². The molecule has 46 heavy (non-hydrogen) atoms. The van der Waals surface area contributed by atoms with Crippen molar-refractivity contribution in [2.24, 2.45) is 17.6 Å². The van der Waals surface area contributed by atoms with Crippen molar-refractivity contribution in [3.63, 3.8) is 0 Å². The van der Waals surface area contributed by atoms with Crippen LogP contribution in [-0.2, 0) is 33.3 Å². The van der Waals surface area contributed by atoms with Crippen molar-refractivity contribution in [2.45, 2.75) is 84.7 Å². The van der Waals surface area contributed by atoms with Gasteiger partial charge in [-0.15, -0.1) is 0 Å². The predicted molar refractivity (Wildman–Crippen MR) is 169 cm³/mol. The van der Waals surface area contributed by atoms with E-state index in [-0.39, 0.29) is 47.9 Å². The van der Waals surface area contributed by atoms with Crippen molar-refractivity contribution >= 4 is 29.7 Å². The quantitative estimate of drug-likeness (QED) is 0.181. The first kappa shape index (κ1) is 38.1. The second-order valence-electron chi connectivity index (χ2n) is 11.5. The molecule has 1 aliphatic heterocycles. The maximum absolute atomic E-state index is 13.7. The van der Waals surface area contributed by atoms with Crippen molar-refractivity contribution in [2.75, 3.05) is 20.8 Å². The molecule has 2 bridgehead atoms. The van der Waals surface area contributed by atoms with Crippen LogP contribution in [0.3, 0.4) is 0 Å². The molecule has 0 radical (unpaired) electrons. The summed E-state index contributed by atoms with van der Waals surface area (Å²) < 4.78 is 21.7. The number of nitrogens with one attached hydrogen (secondary N) is 2. The highest BCUT2D eigenvalue weighted by atomic mass is 16.6. The summed E-state index contributed by atoms with van der Waals surface area (Å²) in [6.45, 7) is 8.87. The van der Waals surface area contributed by atoms with Crippen LogP contribution in [0.2, 0.25) is 0 Å². The molecule has 2 rings (SSSR count). The molecule has 0 spiro atoms. The number of methoxy groups -OCH3 is 2. The van der Waals surface area contributed by atoms with Gasteiger partial charge < -0.3 is 35.1 Å². The third-order valence-corrected chi connectivity index (χ3v) is 7.75. The van der Waals surface area contributed by atoms with E-state index in [0.29, 0.717) is 12.0 Å². The average Bonchev–Trinajstić information content (AvgIpc) is 3.00. The fourth-order valence-corrected chi connectivity index (χ4v) is 5.17.